The molecule has 0 aliphatic rings. The number of sulfonamides is 1. The molecule has 0 radical (unpaired) electrons. The lowest BCUT2D eigenvalue weighted by atomic mass is 10.1. The minimum atomic E-state index is -4.06. The third-order valence-corrected chi connectivity index (χ3v) is 4.43. The molecule has 0 bridgehead atoms. The average molecular weight is 343 g/mol. The molecule has 0 saturated heterocycles. The van der Waals surface area contributed by atoms with Crippen LogP contribution in [0.1, 0.15) is 37.6 Å². The Balaban J connectivity index is 3.05. The average Bonchev–Trinajstić information content (AvgIpc) is 2.46. The van der Waals surface area contributed by atoms with Gasteiger partial charge in [0.25, 0.3) is 0 Å². The highest BCUT2D eigenvalue weighted by atomic mass is 32.2. The fraction of sp³-hybridized carbons (Fsp3) is 0.467. The summed E-state index contributed by atoms with van der Waals surface area (Å²) in [5, 5.41) is 9.14. The second-order valence-electron chi connectivity index (χ2n) is 5.39. The van der Waals surface area contributed by atoms with Gasteiger partial charge in [-0.25, -0.2) is 13.2 Å². The number of carboxylic acid groups (broad SMARTS) is 1. The first-order valence-corrected chi connectivity index (χ1v) is 8.68. The molecule has 0 aliphatic heterocycles. The van der Waals surface area contributed by atoms with Crippen molar-refractivity contribution < 1.29 is 27.9 Å². The molecule has 1 atom stereocenters. The summed E-state index contributed by atoms with van der Waals surface area (Å²) in [7, 11) is -4.06. The number of aliphatic carboxylic acids is 1. The first-order chi connectivity index (χ1) is 10.7. The summed E-state index contributed by atoms with van der Waals surface area (Å²) in [6.07, 6.45) is 0.159. The summed E-state index contributed by atoms with van der Waals surface area (Å²) < 4.78 is 31.6. The normalized spacial score (nSPS) is 12.9. The van der Waals surface area contributed by atoms with Crippen LogP contribution in [0.15, 0.2) is 29.2 Å². The Morgan fingerprint density at radius 3 is 2.48 bits per heavy atom. The largest absolute Gasteiger partial charge is 0.480 e. The SMILES string of the molecule is CCOC(=O)c1cccc(S(=O)(=O)NC(CC(C)C)C(=O)O)c1. The number of hydrogen-bond acceptors (Lipinski definition) is 5. The Hall–Kier alpha value is -1.93. The summed E-state index contributed by atoms with van der Waals surface area (Å²) in [5.74, 6) is -1.88. The van der Waals surface area contributed by atoms with Gasteiger partial charge in [0.1, 0.15) is 6.04 Å². The van der Waals surface area contributed by atoms with Gasteiger partial charge in [0.05, 0.1) is 17.1 Å². The van der Waals surface area contributed by atoms with Crippen LogP contribution in [0.2, 0.25) is 0 Å². The molecular formula is C15H21NO6S. The zero-order chi connectivity index (χ0) is 17.6. The van der Waals surface area contributed by atoms with E-state index in [2.05, 4.69) is 4.72 Å². The monoisotopic (exact) mass is 343 g/mol. The second-order valence-corrected chi connectivity index (χ2v) is 7.10. The van der Waals surface area contributed by atoms with Crippen LogP contribution in [0.4, 0.5) is 0 Å². The van der Waals surface area contributed by atoms with Crippen molar-refractivity contribution in [1.82, 2.24) is 4.72 Å². The maximum absolute atomic E-state index is 12.3. The van der Waals surface area contributed by atoms with Crippen LogP contribution in [0, 0.1) is 5.92 Å². The highest BCUT2D eigenvalue weighted by molar-refractivity contribution is 7.89. The summed E-state index contributed by atoms with van der Waals surface area (Å²) in [6, 6.07) is 4.05. The van der Waals surface area contributed by atoms with Crippen LogP contribution >= 0.6 is 0 Å². The molecule has 8 heteroatoms. The van der Waals surface area contributed by atoms with Crippen LogP contribution in [-0.2, 0) is 19.6 Å². The molecule has 1 rings (SSSR count). The van der Waals surface area contributed by atoms with Gasteiger partial charge in [-0.1, -0.05) is 19.9 Å². The van der Waals surface area contributed by atoms with E-state index >= 15 is 0 Å². The number of carboxylic acids is 1. The van der Waals surface area contributed by atoms with E-state index in [-0.39, 0.29) is 29.4 Å². The van der Waals surface area contributed by atoms with Crippen LogP contribution in [0.5, 0.6) is 0 Å². The van der Waals surface area contributed by atoms with Gasteiger partial charge in [-0.15, -0.1) is 0 Å². The van der Waals surface area contributed by atoms with Gasteiger partial charge in [-0.2, -0.15) is 4.72 Å². The molecule has 0 aliphatic carbocycles. The molecule has 1 aromatic rings. The maximum Gasteiger partial charge on any atom is 0.338 e. The van der Waals surface area contributed by atoms with Gasteiger partial charge in [0.15, 0.2) is 0 Å². The van der Waals surface area contributed by atoms with Crippen molar-refractivity contribution in [3.63, 3.8) is 0 Å². The molecule has 128 valence electrons. The van der Waals surface area contributed by atoms with Crippen LogP contribution < -0.4 is 4.72 Å². The van der Waals surface area contributed by atoms with Gasteiger partial charge in [0, 0.05) is 0 Å². The number of ether oxygens (including phenoxy) is 1. The molecule has 0 amide bonds. The third-order valence-electron chi connectivity index (χ3n) is 2.96. The summed E-state index contributed by atoms with van der Waals surface area (Å²) in [6.45, 7) is 5.41. The summed E-state index contributed by atoms with van der Waals surface area (Å²) in [4.78, 5) is 22.7. The van der Waals surface area contributed by atoms with Crippen molar-refractivity contribution in [1.29, 1.82) is 0 Å². The van der Waals surface area contributed by atoms with E-state index in [1.165, 1.54) is 18.2 Å². The van der Waals surface area contributed by atoms with Crippen molar-refractivity contribution in [2.75, 3.05) is 6.61 Å². The van der Waals surface area contributed by atoms with E-state index in [0.717, 1.165) is 6.07 Å². The smallest absolute Gasteiger partial charge is 0.338 e. The molecule has 2 N–H and O–H groups in total. The van der Waals surface area contributed by atoms with E-state index in [9.17, 15) is 18.0 Å². The predicted octanol–water partition coefficient (Wildman–Crippen LogP) is 1.64. The third kappa shape index (κ3) is 5.65. The van der Waals surface area contributed by atoms with E-state index in [1.54, 1.807) is 20.8 Å². The van der Waals surface area contributed by atoms with Crippen molar-refractivity contribution >= 4 is 22.0 Å². The van der Waals surface area contributed by atoms with Gasteiger partial charge < -0.3 is 9.84 Å². The van der Waals surface area contributed by atoms with E-state index in [1.807, 2.05) is 0 Å². The molecule has 0 aromatic heterocycles. The molecule has 1 unspecified atom stereocenters. The summed E-state index contributed by atoms with van der Waals surface area (Å²) >= 11 is 0. The Bertz CT molecular complexity index is 668. The Morgan fingerprint density at radius 2 is 1.96 bits per heavy atom. The maximum atomic E-state index is 12.3. The zero-order valence-electron chi connectivity index (χ0n) is 13.3. The number of rotatable bonds is 8. The van der Waals surface area contributed by atoms with Gasteiger partial charge >= 0.3 is 11.9 Å². The van der Waals surface area contributed by atoms with Gasteiger partial charge in [0.2, 0.25) is 10.0 Å². The number of carbonyl (C=O) groups excluding carboxylic acids is 1. The van der Waals surface area contributed by atoms with E-state index in [4.69, 9.17) is 9.84 Å². The van der Waals surface area contributed by atoms with Gasteiger partial charge in [-0.05, 0) is 37.5 Å². The van der Waals surface area contributed by atoms with Gasteiger partial charge in [-0.3, -0.25) is 4.79 Å². The molecular weight excluding hydrogens is 322 g/mol. The highest BCUT2D eigenvalue weighted by Gasteiger charge is 2.26. The highest BCUT2D eigenvalue weighted by Crippen LogP contribution is 2.15. The van der Waals surface area contributed by atoms with Crippen molar-refractivity contribution in [2.45, 2.75) is 38.1 Å². The van der Waals surface area contributed by atoms with E-state index < -0.39 is 28.0 Å². The minimum absolute atomic E-state index is 0.00432. The second kappa shape index (κ2) is 8.07. The fourth-order valence-electron chi connectivity index (χ4n) is 1.93. The zero-order valence-corrected chi connectivity index (χ0v) is 14.1. The lowest BCUT2D eigenvalue weighted by Gasteiger charge is -2.16. The molecule has 7 nitrogen and oxygen atoms in total. The predicted molar refractivity (Wildman–Crippen MR) is 83.6 cm³/mol. The lowest BCUT2D eigenvalue weighted by molar-refractivity contribution is -0.139. The molecule has 0 spiro atoms. The number of benzene rings is 1. The number of carbonyl (C=O) groups is 2. The van der Waals surface area contributed by atoms with Crippen LogP contribution in [0.25, 0.3) is 0 Å². The van der Waals surface area contributed by atoms with Crippen LogP contribution in [-0.4, -0.2) is 38.1 Å². The van der Waals surface area contributed by atoms with Crippen molar-refractivity contribution in [2.24, 2.45) is 5.92 Å². The first-order valence-electron chi connectivity index (χ1n) is 7.19. The lowest BCUT2D eigenvalue weighted by Crippen LogP contribution is -2.41. The molecule has 0 saturated carbocycles. The summed E-state index contributed by atoms with van der Waals surface area (Å²) in [5.41, 5.74) is 0.0884. The number of nitrogens with one attached hydrogen (secondary N) is 1. The Morgan fingerprint density at radius 1 is 1.30 bits per heavy atom. The minimum Gasteiger partial charge on any atom is -0.480 e. The Labute approximate surface area is 135 Å². The van der Waals surface area contributed by atoms with Crippen molar-refractivity contribution in [3.05, 3.63) is 29.8 Å². The molecule has 1 aromatic carbocycles. The Kier molecular flexibility index (Phi) is 6.71. The fourth-order valence-corrected chi connectivity index (χ4v) is 3.18. The topological polar surface area (TPSA) is 110 Å². The van der Waals surface area contributed by atoms with Crippen molar-refractivity contribution in [3.8, 4) is 0 Å². The first kappa shape index (κ1) is 19.1. The molecule has 0 heterocycles. The van der Waals surface area contributed by atoms with Crippen LogP contribution in [0.3, 0.4) is 0 Å². The van der Waals surface area contributed by atoms with E-state index in [0.29, 0.717) is 0 Å². The quantitative estimate of drug-likeness (QED) is 0.694. The molecule has 0 fully saturated rings. The number of hydrogen-bond donors (Lipinski definition) is 2. The standard InChI is InChI=1S/C15H21NO6S/c1-4-22-15(19)11-6-5-7-12(9-11)23(20,21)16-13(14(17)18)8-10(2)3/h5-7,9-10,13,16H,4,8H2,1-3H3,(H,17,18). The number of esters is 1. The molecule has 23 heavy (non-hydrogen) atoms.